The highest BCUT2D eigenvalue weighted by atomic mass is 19.1. The van der Waals surface area contributed by atoms with Gasteiger partial charge >= 0.3 is 5.97 Å². The van der Waals surface area contributed by atoms with Crippen LogP contribution in [0.15, 0.2) is 108 Å². The highest BCUT2D eigenvalue weighted by Crippen LogP contribution is 2.34. The Morgan fingerprint density at radius 2 is 1.74 bits per heavy atom. The van der Waals surface area contributed by atoms with Crippen LogP contribution >= 0.6 is 0 Å². The largest absolute Gasteiger partial charge is 0.462 e. The molecule has 0 aromatic carbocycles. The van der Waals surface area contributed by atoms with Crippen molar-refractivity contribution in [1.82, 2.24) is 0 Å². The molecule has 0 fully saturated rings. The van der Waals surface area contributed by atoms with Crippen LogP contribution in [0.4, 0.5) is 4.39 Å². The topological polar surface area (TPSA) is 26.3 Å². The molecule has 1 aliphatic rings. The molecule has 31 heavy (non-hydrogen) atoms. The number of ether oxygens (including phenoxy) is 1. The van der Waals surface area contributed by atoms with Gasteiger partial charge in [-0.2, -0.15) is 0 Å². The molecule has 1 rings (SSSR count). The van der Waals surface area contributed by atoms with Crippen LogP contribution in [-0.2, 0) is 9.53 Å². The van der Waals surface area contributed by atoms with Crippen molar-refractivity contribution in [1.29, 1.82) is 0 Å². The average Bonchev–Trinajstić information content (AvgIpc) is 2.75. The van der Waals surface area contributed by atoms with Crippen LogP contribution in [0, 0.1) is 0 Å². The first-order chi connectivity index (χ1) is 14.6. The monoisotopic (exact) mass is 422 g/mol. The third-order valence-corrected chi connectivity index (χ3v) is 5.19. The fourth-order valence-electron chi connectivity index (χ4n) is 2.95. The van der Waals surface area contributed by atoms with Gasteiger partial charge in [-0.3, -0.25) is 0 Å². The van der Waals surface area contributed by atoms with Gasteiger partial charge in [0, 0.05) is 12.0 Å². The van der Waals surface area contributed by atoms with Gasteiger partial charge in [-0.05, 0) is 66.5 Å². The minimum Gasteiger partial charge on any atom is -0.462 e. The van der Waals surface area contributed by atoms with Crippen molar-refractivity contribution < 1.29 is 13.9 Å². The van der Waals surface area contributed by atoms with E-state index in [4.69, 9.17) is 4.74 Å². The molecule has 1 aliphatic carbocycles. The third kappa shape index (κ3) is 8.37. The number of allylic oxidation sites excluding steroid dienone is 11. The Balaban J connectivity index is 2.99. The Morgan fingerprint density at radius 3 is 2.29 bits per heavy atom. The molecular weight excluding hydrogens is 387 g/mol. The molecule has 0 amide bonds. The molecule has 0 aliphatic heterocycles. The van der Waals surface area contributed by atoms with Gasteiger partial charge in [-0.1, -0.05) is 76.1 Å². The summed E-state index contributed by atoms with van der Waals surface area (Å²) in [7, 11) is 0. The van der Waals surface area contributed by atoms with Gasteiger partial charge in [0.05, 0.1) is 6.61 Å². The molecule has 0 spiro atoms. The maximum absolute atomic E-state index is 14.9. The zero-order valence-corrected chi connectivity index (χ0v) is 19.3. The van der Waals surface area contributed by atoms with E-state index in [2.05, 4.69) is 32.9 Å². The van der Waals surface area contributed by atoms with Crippen molar-refractivity contribution in [3.05, 3.63) is 108 Å². The molecule has 0 unspecified atom stereocenters. The Bertz CT molecular complexity index is 903. The SMILES string of the molecule is C=C(/C=C\C(=C)C1=CC(F)=C(C(=C)/C=C(/CCOC(=O)C(=C)C)C(=C)CC)CC1)CC. The standard InChI is InChI=1S/C28H35FO2/c1-9-20(5)11-12-22(7)24-13-14-26(27(29)18-24)23(8)17-25(21(6)10-2)15-16-31-28(30)19(3)4/h11-12,17-18H,3,5-10,13-16H2,1-2,4H3/b12-11-,25-17-. The van der Waals surface area contributed by atoms with E-state index >= 15 is 0 Å². The fraction of sp³-hybridized carbons (Fsp3) is 0.321. The molecule has 0 heterocycles. The van der Waals surface area contributed by atoms with Gasteiger partial charge in [0.2, 0.25) is 0 Å². The molecule has 0 bridgehead atoms. The summed E-state index contributed by atoms with van der Waals surface area (Å²) in [6.07, 6.45) is 10.5. The fourth-order valence-corrected chi connectivity index (χ4v) is 2.95. The Kier molecular flexibility index (Phi) is 10.7. The summed E-state index contributed by atoms with van der Waals surface area (Å²) in [4.78, 5) is 11.6. The summed E-state index contributed by atoms with van der Waals surface area (Å²) in [6.45, 7) is 25.6. The molecule has 0 saturated heterocycles. The van der Waals surface area contributed by atoms with E-state index in [9.17, 15) is 9.18 Å². The lowest BCUT2D eigenvalue weighted by Gasteiger charge is -2.18. The summed E-state index contributed by atoms with van der Waals surface area (Å²) < 4.78 is 20.1. The number of esters is 1. The zero-order chi connectivity index (χ0) is 23.6. The molecule has 0 saturated carbocycles. The summed E-state index contributed by atoms with van der Waals surface area (Å²) >= 11 is 0. The minimum atomic E-state index is -0.421. The molecule has 0 atom stereocenters. The molecule has 0 aromatic rings. The van der Waals surface area contributed by atoms with E-state index in [-0.39, 0.29) is 12.4 Å². The van der Waals surface area contributed by atoms with E-state index in [1.54, 1.807) is 13.0 Å². The highest BCUT2D eigenvalue weighted by molar-refractivity contribution is 5.86. The van der Waals surface area contributed by atoms with Crippen LogP contribution in [-0.4, -0.2) is 12.6 Å². The van der Waals surface area contributed by atoms with Crippen molar-refractivity contribution in [2.75, 3.05) is 6.61 Å². The van der Waals surface area contributed by atoms with Crippen LogP contribution in [0.25, 0.3) is 0 Å². The third-order valence-electron chi connectivity index (χ3n) is 5.19. The summed E-state index contributed by atoms with van der Waals surface area (Å²) in [5.41, 5.74) is 6.05. The van der Waals surface area contributed by atoms with Crippen LogP contribution < -0.4 is 0 Å². The average molecular weight is 423 g/mol. The van der Waals surface area contributed by atoms with E-state index < -0.39 is 5.97 Å². The number of rotatable bonds is 12. The lowest BCUT2D eigenvalue weighted by Crippen LogP contribution is -2.07. The second-order valence-corrected chi connectivity index (χ2v) is 7.68. The smallest absolute Gasteiger partial charge is 0.333 e. The van der Waals surface area contributed by atoms with Gasteiger partial charge in [0.1, 0.15) is 5.83 Å². The van der Waals surface area contributed by atoms with Gasteiger partial charge in [0.15, 0.2) is 0 Å². The summed E-state index contributed by atoms with van der Waals surface area (Å²) in [5.74, 6) is -0.711. The second-order valence-electron chi connectivity index (χ2n) is 7.68. The van der Waals surface area contributed by atoms with E-state index in [0.717, 1.165) is 40.7 Å². The highest BCUT2D eigenvalue weighted by Gasteiger charge is 2.17. The van der Waals surface area contributed by atoms with Gasteiger partial charge in [0.25, 0.3) is 0 Å². The molecule has 0 N–H and O–H groups in total. The number of hydrogen-bond donors (Lipinski definition) is 0. The van der Waals surface area contributed by atoms with Gasteiger partial charge in [-0.15, -0.1) is 0 Å². The first-order valence-electron chi connectivity index (χ1n) is 10.7. The molecule has 166 valence electrons. The normalized spacial score (nSPS) is 14.3. The molecule has 0 aromatic heterocycles. The van der Waals surface area contributed by atoms with Crippen LogP contribution in [0.3, 0.4) is 0 Å². The Hall–Kier alpha value is -2.94. The van der Waals surface area contributed by atoms with Gasteiger partial charge in [-0.25, -0.2) is 9.18 Å². The Morgan fingerprint density at radius 1 is 1.06 bits per heavy atom. The maximum Gasteiger partial charge on any atom is 0.333 e. The minimum absolute atomic E-state index is 0.213. The van der Waals surface area contributed by atoms with Crippen LogP contribution in [0.5, 0.6) is 0 Å². The number of carbonyl (C=O) groups is 1. The second kappa shape index (κ2) is 12.7. The predicted octanol–water partition coefficient (Wildman–Crippen LogP) is 7.97. The van der Waals surface area contributed by atoms with Crippen LogP contribution in [0.1, 0.15) is 52.9 Å². The van der Waals surface area contributed by atoms with Crippen molar-refractivity contribution in [2.45, 2.75) is 52.9 Å². The summed E-state index contributed by atoms with van der Waals surface area (Å²) in [5, 5.41) is 0. The lowest BCUT2D eigenvalue weighted by atomic mass is 9.88. The quantitative estimate of drug-likeness (QED) is 0.181. The zero-order valence-electron chi connectivity index (χ0n) is 19.3. The molecular formula is C28H35FO2. The maximum atomic E-state index is 14.9. The first-order valence-corrected chi connectivity index (χ1v) is 10.7. The van der Waals surface area contributed by atoms with Gasteiger partial charge < -0.3 is 4.74 Å². The summed E-state index contributed by atoms with van der Waals surface area (Å²) in [6, 6.07) is 0. The number of hydrogen-bond acceptors (Lipinski definition) is 2. The molecule has 2 nitrogen and oxygen atoms in total. The predicted molar refractivity (Wildman–Crippen MR) is 130 cm³/mol. The molecule has 3 heteroatoms. The van der Waals surface area contributed by atoms with Crippen molar-refractivity contribution in [2.24, 2.45) is 0 Å². The van der Waals surface area contributed by atoms with Crippen LogP contribution in [0.2, 0.25) is 0 Å². The van der Waals surface area contributed by atoms with E-state index in [1.807, 2.05) is 32.1 Å². The Labute approximate surface area is 187 Å². The number of carbonyl (C=O) groups excluding carboxylic acids is 1. The lowest BCUT2D eigenvalue weighted by molar-refractivity contribution is -0.138. The van der Waals surface area contributed by atoms with Crippen molar-refractivity contribution in [3.8, 4) is 0 Å². The first kappa shape index (κ1) is 26.1. The van der Waals surface area contributed by atoms with Crippen molar-refractivity contribution >= 4 is 5.97 Å². The number of halogens is 1. The van der Waals surface area contributed by atoms with E-state index in [0.29, 0.717) is 36.0 Å². The molecule has 0 radical (unpaired) electrons. The van der Waals surface area contributed by atoms with Crippen molar-refractivity contribution in [3.63, 3.8) is 0 Å². The van der Waals surface area contributed by atoms with E-state index in [1.165, 1.54) is 0 Å².